The number of anilines is 1. The molecular formula is C20H23ClN4O3. The topological polar surface area (TPSA) is 90.5 Å². The number of halogens is 1. The molecule has 4 amide bonds. The van der Waals surface area contributed by atoms with Gasteiger partial charge in [-0.15, -0.1) is 0 Å². The number of nitrogens with zero attached hydrogens (tertiary/aromatic N) is 1. The lowest BCUT2D eigenvalue weighted by Crippen LogP contribution is -2.40. The van der Waals surface area contributed by atoms with E-state index in [0.29, 0.717) is 23.8 Å². The van der Waals surface area contributed by atoms with Crippen LogP contribution in [0.3, 0.4) is 0 Å². The molecule has 0 spiro atoms. The number of likely N-dealkylation sites (N-methyl/N-ethyl adjacent to an activating group) is 1. The minimum Gasteiger partial charge on any atom is -0.334 e. The number of benzene rings is 2. The van der Waals surface area contributed by atoms with E-state index in [1.165, 1.54) is 0 Å². The molecule has 0 fully saturated rings. The summed E-state index contributed by atoms with van der Waals surface area (Å²) < 4.78 is 0. The van der Waals surface area contributed by atoms with Crippen LogP contribution in [0.4, 0.5) is 10.5 Å². The van der Waals surface area contributed by atoms with Gasteiger partial charge in [0.2, 0.25) is 11.8 Å². The molecule has 148 valence electrons. The van der Waals surface area contributed by atoms with Crippen LogP contribution >= 0.6 is 11.6 Å². The highest BCUT2D eigenvalue weighted by Crippen LogP contribution is 2.20. The summed E-state index contributed by atoms with van der Waals surface area (Å²) in [6, 6.07) is 15.8. The number of carbonyl (C=O) groups excluding carboxylic acids is 3. The first-order chi connectivity index (χ1) is 13.4. The van der Waals surface area contributed by atoms with E-state index in [-0.39, 0.29) is 18.9 Å². The predicted octanol–water partition coefficient (Wildman–Crippen LogP) is 2.63. The number of imide groups is 1. The van der Waals surface area contributed by atoms with Gasteiger partial charge in [0, 0.05) is 19.5 Å². The third kappa shape index (κ3) is 7.77. The normalized spacial score (nSPS) is 10.4. The highest BCUT2D eigenvalue weighted by atomic mass is 35.5. The second kappa shape index (κ2) is 11.1. The van der Waals surface area contributed by atoms with Gasteiger partial charge < -0.3 is 10.6 Å². The van der Waals surface area contributed by atoms with Crippen LogP contribution in [0.1, 0.15) is 12.0 Å². The van der Waals surface area contributed by atoms with E-state index in [1.54, 1.807) is 36.2 Å². The third-order valence-corrected chi connectivity index (χ3v) is 4.16. The fourth-order valence-electron chi connectivity index (χ4n) is 2.38. The minimum atomic E-state index is -0.548. The van der Waals surface area contributed by atoms with Crippen molar-refractivity contribution in [3.05, 3.63) is 65.2 Å². The van der Waals surface area contributed by atoms with Crippen LogP contribution < -0.4 is 16.0 Å². The largest absolute Gasteiger partial charge is 0.334 e. The van der Waals surface area contributed by atoms with Gasteiger partial charge in [-0.1, -0.05) is 54.1 Å². The van der Waals surface area contributed by atoms with Crippen LogP contribution in [0, 0.1) is 0 Å². The summed E-state index contributed by atoms with van der Waals surface area (Å²) in [6.07, 6.45) is 0.0919. The summed E-state index contributed by atoms with van der Waals surface area (Å²) >= 11 is 6.00. The summed E-state index contributed by atoms with van der Waals surface area (Å²) in [5.41, 5.74) is 1.48. The average Bonchev–Trinajstić information content (AvgIpc) is 2.67. The molecule has 0 saturated carbocycles. The molecule has 0 aromatic heterocycles. The lowest BCUT2D eigenvalue weighted by Gasteiger charge is -2.16. The first-order valence-electron chi connectivity index (χ1n) is 8.78. The molecule has 2 aromatic carbocycles. The van der Waals surface area contributed by atoms with Crippen LogP contribution in [0.2, 0.25) is 5.02 Å². The molecule has 0 radical (unpaired) electrons. The Balaban J connectivity index is 1.65. The van der Waals surface area contributed by atoms with E-state index >= 15 is 0 Å². The van der Waals surface area contributed by atoms with Crippen LogP contribution in [0.15, 0.2) is 54.6 Å². The second-order valence-corrected chi connectivity index (χ2v) is 6.64. The number of nitrogens with one attached hydrogen (secondary N) is 3. The Hall–Kier alpha value is -2.90. The molecular weight excluding hydrogens is 380 g/mol. The first-order valence-corrected chi connectivity index (χ1v) is 9.16. The Kier molecular flexibility index (Phi) is 8.45. The van der Waals surface area contributed by atoms with E-state index < -0.39 is 11.9 Å². The molecule has 0 aliphatic rings. The van der Waals surface area contributed by atoms with Gasteiger partial charge in [0.05, 0.1) is 17.3 Å². The maximum Gasteiger partial charge on any atom is 0.321 e. The van der Waals surface area contributed by atoms with E-state index in [0.717, 1.165) is 5.56 Å². The van der Waals surface area contributed by atoms with Gasteiger partial charge in [-0.05, 0) is 24.7 Å². The van der Waals surface area contributed by atoms with Crippen molar-refractivity contribution in [2.45, 2.75) is 13.0 Å². The fraction of sp³-hybridized carbons (Fsp3) is 0.250. The Bertz CT molecular complexity index is 814. The van der Waals surface area contributed by atoms with Crippen LogP contribution in [-0.4, -0.2) is 42.9 Å². The van der Waals surface area contributed by atoms with Gasteiger partial charge in [0.15, 0.2) is 0 Å². The molecule has 3 N–H and O–H groups in total. The van der Waals surface area contributed by atoms with Gasteiger partial charge in [0.25, 0.3) is 0 Å². The molecule has 0 heterocycles. The van der Waals surface area contributed by atoms with Crippen LogP contribution in [0.25, 0.3) is 0 Å². The van der Waals surface area contributed by atoms with Crippen molar-refractivity contribution < 1.29 is 14.4 Å². The molecule has 8 heteroatoms. The highest BCUT2D eigenvalue weighted by Gasteiger charge is 2.12. The Morgan fingerprint density at radius 3 is 2.36 bits per heavy atom. The molecule has 0 aliphatic heterocycles. The minimum absolute atomic E-state index is 0.0919. The maximum absolute atomic E-state index is 12.0. The monoisotopic (exact) mass is 402 g/mol. The van der Waals surface area contributed by atoms with Gasteiger partial charge in [-0.2, -0.15) is 0 Å². The number of amides is 4. The van der Waals surface area contributed by atoms with E-state index in [2.05, 4.69) is 16.0 Å². The first kappa shape index (κ1) is 21.4. The van der Waals surface area contributed by atoms with Crippen molar-refractivity contribution in [3.63, 3.8) is 0 Å². The zero-order valence-corrected chi connectivity index (χ0v) is 16.3. The molecule has 0 bridgehead atoms. The van der Waals surface area contributed by atoms with E-state index in [1.807, 2.05) is 30.3 Å². The highest BCUT2D eigenvalue weighted by molar-refractivity contribution is 6.33. The Morgan fingerprint density at radius 1 is 0.964 bits per heavy atom. The SMILES string of the molecule is CN(CCC(=O)NC(=O)NCc1ccccc1)CC(=O)Nc1ccccc1Cl. The summed E-state index contributed by atoms with van der Waals surface area (Å²) in [6.45, 7) is 0.758. The summed E-state index contributed by atoms with van der Waals surface area (Å²) in [4.78, 5) is 37.4. The van der Waals surface area contributed by atoms with Gasteiger partial charge in [0.1, 0.15) is 0 Å². The zero-order chi connectivity index (χ0) is 20.4. The molecule has 0 aliphatic carbocycles. The van der Waals surface area contributed by atoms with Gasteiger partial charge in [-0.3, -0.25) is 19.8 Å². The number of carbonyl (C=O) groups is 3. The number of hydrogen-bond donors (Lipinski definition) is 3. The quantitative estimate of drug-likeness (QED) is 0.633. The average molecular weight is 403 g/mol. The number of rotatable bonds is 8. The predicted molar refractivity (Wildman–Crippen MR) is 109 cm³/mol. The molecule has 2 rings (SSSR count). The van der Waals surface area contributed by atoms with Crippen LogP contribution in [-0.2, 0) is 16.1 Å². The zero-order valence-electron chi connectivity index (χ0n) is 15.6. The Labute approximate surface area is 169 Å². The van der Waals surface area contributed by atoms with Gasteiger partial charge in [-0.25, -0.2) is 4.79 Å². The lowest BCUT2D eigenvalue weighted by atomic mass is 10.2. The second-order valence-electron chi connectivity index (χ2n) is 6.23. The standard InChI is InChI=1S/C20H23ClN4O3/c1-25(14-19(27)23-17-10-6-5-9-16(17)21)12-11-18(26)24-20(28)22-13-15-7-3-2-4-8-15/h2-10H,11-14H2,1H3,(H,23,27)(H2,22,24,26,28). The summed E-state index contributed by atoms with van der Waals surface area (Å²) in [7, 11) is 1.72. The Morgan fingerprint density at radius 2 is 1.64 bits per heavy atom. The smallest absolute Gasteiger partial charge is 0.321 e. The maximum atomic E-state index is 12.0. The number of hydrogen-bond acceptors (Lipinski definition) is 4. The summed E-state index contributed by atoms with van der Waals surface area (Å²) in [5.74, 6) is -0.652. The van der Waals surface area contributed by atoms with Crippen molar-refractivity contribution >= 4 is 35.1 Å². The lowest BCUT2D eigenvalue weighted by molar-refractivity contribution is -0.121. The van der Waals surface area contributed by atoms with E-state index in [4.69, 9.17) is 11.6 Å². The molecule has 0 atom stereocenters. The molecule has 2 aromatic rings. The molecule has 7 nitrogen and oxygen atoms in total. The molecule has 0 saturated heterocycles. The third-order valence-electron chi connectivity index (χ3n) is 3.83. The number of para-hydroxylation sites is 1. The van der Waals surface area contributed by atoms with Crippen LogP contribution in [0.5, 0.6) is 0 Å². The fourth-order valence-corrected chi connectivity index (χ4v) is 2.56. The van der Waals surface area contributed by atoms with Crippen molar-refractivity contribution in [1.29, 1.82) is 0 Å². The van der Waals surface area contributed by atoms with Gasteiger partial charge >= 0.3 is 6.03 Å². The van der Waals surface area contributed by atoms with Crippen molar-refractivity contribution in [2.24, 2.45) is 0 Å². The van der Waals surface area contributed by atoms with Crippen molar-refractivity contribution in [3.8, 4) is 0 Å². The van der Waals surface area contributed by atoms with E-state index in [9.17, 15) is 14.4 Å². The number of urea groups is 1. The van der Waals surface area contributed by atoms with Crippen molar-refractivity contribution in [2.75, 3.05) is 25.5 Å². The molecule has 28 heavy (non-hydrogen) atoms. The van der Waals surface area contributed by atoms with Crippen molar-refractivity contribution in [1.82, 2.24) is 15.5 Å². The summed E-state index contributed by atoms with van der Waals surface area (Å²) in [5, 5.41) is 8.07. The molecule has 0 unspecified atom stereocenters.